The SMILES string of the molecule is CCN1C[C@H]2C[C@]2(c2ccc(Cl)c(Cl)c2)C1.Cl. The molecule has 2 atom stereocenters. The van der Waals surface area contributed by atoms with Gasteiger partial charge in [0.05, 0.1) is 10.0 Å². The monoisotopic (exact) mass is 291 g/mol. The van der Waals surface area contributed by atoms with Gasteiger partial charge in [-0.05, 0) is 36.6 Å². The Morgan fingerprint density at radius 2 is 2.12 bits per heavy atom. The average molecular weight is 293 g/mol. The van der Waals surface area contributed by atoms with Crippen molar-refractivity contribution < 1.29 is 0 Å². The Morgan fingerprint density at radius 1 is 1.35 bits per heavy atom. The van der Waals surface area contributed by atoms with Crippen LogP contribution >= 0.6 is 35.6 Å². The Balaban J connectivity index is 0.00000108. The van der Waals surface area contributed by atoms with E-state index < -0.39 is 0 Å². The molecule has 1 saturated carbocycles. The molecule has 17 heavy (non-hydrogen) atoms. The summed E-state index contributed by atoms with van der Waals surface area (Å²) in [6.45, 7) is 5.82. The van der Waals surface area contributed by atoms with Gasteiger partial charge in [0.1, 0.15) is 0 Å². The molecule has 4 heteroatoms. The fraction of sp³-hybridized carbons (Fsp3) is 0.538. The molecule has 0 amide bonds. The molecule has 94 valence electrons. The predicted octanol–water partition coefficient (Wildman–Crippen LogP) is 4.01. The summed E-state index contributed by atoms with van der Waals surface area (Å²) in [5.41, 5.74) is 1.77. The van der Waals surface area contributed by atoms with Crippen LogP contribution in [0, 0.1) is 5.92 Å². The predicted molar refractivity (Wildman–Crippen MR) is 75.6 cm³/mol. The summed E-state index contributed by atoms with van der Waals surface area (Å²) in [7, 11) is 0. The first-order valence-electron chi connectivity index (χ1n) is 5.83. The Bertz CT molecular complexity index is 435. The zero-order valence-electron chi connectivity index (χ0n) is 9.75. The minimum Gasteiger partial charge on any atom is -0.302 e. The lowest BCUT2D eigenvalue weighted by Crippen LogP contribution is -2.26. The van der Waals surface area contributed by atoms with Gasteiger partial charge in [0.2, 0.25) is 0 Å². The zero-order valence-corrected chi connectivity index (χ0v) is 12.1. The summed E-state index contributed by atoms with van der Waals surface area (Å²) in [5.74, 6) is 0.838. The van der Waals surface area contributed by atoms with Gasteiger partial charge in [0, 0.05) is 18.5 Å². The molecule has 1 saturated heterocycles. The molecular formula is C13H16Cl3N. The van der Waals surface area contributed by atoms with Crippen LogP contribution in [0.25, 0.3) is 0 Å². The van der Waals surface area contributed by atoms with E-state index in [1.165, 1.54) is 25.1 Å². The lowest BCUT2D eigenvalue weighted by molar-refractivity contribution is 0.314. The largest absolute Gasteiger partial charge is 0.302 e. The van der Waals surface area contributed by atoms with E-state index in [9.17, 15) is 0 Å². The highest BCUT2D eigenvalue weighted by Crippen LogP contribution is 2.59. The van der Waals surface area contributed by atoms with Crippen molar-refractivity contribution in [1.82, 2.24) is 4.90 Å². The van der Waals surface area contributed by atoms with Gasteiger partial charge >= 0.3 is 0 Å². The van der Waals surface area contributed by atoms with E-state index in [4.69, 9.17) is 23.2 Å². The molecule has 3 rings (SSSR count). The van der Waals surface area contributed by atoms with Crippen LogP contribution in [-0.4, -0.2) is 24.5 Å². The number of fused-ring (bicyclic) bond motifs is 1. The third-order valence-electron chi connectivity index (χ3n) is 4.16. The van der Waals surface area contributed by atoms with Gasteiger partial charge in [-0.1, -0.05) is 36.2 Å². The maximum absolute atomic E-state index is 6.10. The van der Waals surface area contributed by atoms with Gasteiger partial charge in [0.15, 0.2) is 0 Å². The van der Waals surface area contributed by atoms with Crippen LogP contribution in [0.2, 0.25) is 10.0 Å². The smallest absolute Gasteiger partial charge is 0.0595 e. The molecular weight excluding hydrogens is 277 g/mol. The molecule has 2 fully saturated rings. The number of nitrogens with zero attached hydrogens (tertiary/aromatic N) is 1. The number of likely N-dealkylation sites (N-methyl/N-ethyl adjacent to an activating group) is 1. The van der Waals surface area contributed by atoms with Crippen LogP contribution < -0.4 is 0 Å². The molecule has 1 aromatic carbocycles. The molecule has 1 aromatic rings. The highest BCUT2D eigenvalue weighted by molar-refractivity contribution is 6.42. The summed E-state index contributed by atoms with van der Waals surface area (Å²) in [5, 5.41) is 1.35. The molecule has 1 heterocycles. The lowest BCUT2D eigenvalue weighted by Gasteiger charge is -2.19. The number of benzene rings is 1. The van der Waals surface area contributed by atoms with Gasteiger partial charge in [-0.2, -0.15) is 0 Å². The number of likely N-dealkylation sites (tertiary alicyclic amines) is 1. The molecule has 2 aliphatic rings. The minimum atomic E-state index is 0. The first kappa shape index (κ1) is 13.5. The van der Waals surface area contributed by atoms with Crippen molar-refractivity contribution in [2.24, 2.45) is 5.92 Å². The third kappa shape index (κ3) is 2.08. The third-order valence-corrected chi connectivity index (χ3v) is 4.90. The van der Waals surface area contributed by atoms with Crippen LogP contribution in [0.3, 0.4) is 0 Å². The maximum atomic E-state index is 6.10. The number of hydrogen-bond donors (Lipinski definition) is 0. The van der Waals surface area contributed by atoms with Crippen molar-refractivity contribution in [3.8, 4) is 0 Å². The van der Waals surface area contributed by atoms with Crippen molar-refractivity contribution in [3.05, 3.63) is 33.8 Å². The molecule has 0 aromatic heterocycles. The van der Waals surface area contributed by atoms with Crippen molar-refractivity contribution >= 4 is 35.6 Å². The highest BCUT2D eigenvalue weighted by Gasteiger charge is 2.60. The Kier molecular flexibility index (Phi) is 3.66. The van der Waals surface area contributed by atoms with Gasteiger partial charge in [0.25, 0.3) is 0 Å². The first-order valence-corrected chi connectivity index (χ1v) is 6.59. The minimum absolute atomic E-state index is 0. The van der Waals surface area contributed by atoms with E-state index in [0.29, 0.717) is 15.5 Å². The maximum Gasteiger partial charge on any atom is 0.0595 e. The van der Waals surface area contributed by atoms with Crippen molar-refractivity contribution in [2.45, 2.75) is 18.8 Å². The van der Waals surface area contributed by atoms with Crippen molar-refractivity contribution in [1.29, 1.82) is 0 Å². The van der Waals surface area contributed by atoms with Crippen LogP contribution in [-0.2, 0) is 5.41 Å². The first-order chi connectivity index (χ1) is 7.65. The normalized spacial score (nSPS) is 30.9. The summed E-state index contributed by atoms with van der Waals surface area (Å²) in [4.78, 5) is 2.52. The van der Waals surface area contributed by atoms with Crippen LogP contribution in [0.5, 0.6) is 0 Å². The van der Waals surface area contributed by atoms with Gasteiger partial charge in [-0.15, -0.1) is 12.4 Å². The number of rotatable bonds is 2. The highest BCUT2D eigenvalue weighted by atomic mass is 35.5. The average Bonchev–Trinajstić information content (AvgIpc) is 2.86. The lowest BCUT2D eigenvalue weighted by atomic mass is 9.95. The van der Waals surface area contributed by atoms with Crippen LogP contribution in [0.15, 0.2) is 18.2 Å². The fourth-order valence-corrected chi connectivity index (χ4v) is 3.38. The Morgan fingerprint density at radius 3 is 2.71 bits per heavy atom. The second-order valence-corrected chi connectivity index (χ2v) is 5.83. The Hall–Kier alpha value is 0.0500. The van der Waals surface area contributed by atoms with E-state index in [1.54, 1.807) is 0 Å². The molecule has 1 nitrogen and oxygen atoms in total. The van der Waals surface area contributed by atoms with E-state index in [2.05, 4.69) is 24.0 Å². The van der Waals surface area contributed by atoms with Gasteiger partial charge < -0.3 is 4.90 Å². The quantitative estimate of drug-likeness (QED) is 0.796. The number of piperidine rings is 1. The van der Waals surface area contributed by atoms with Crippen molar-refractivity contribution in [2.75, 3.05) is 19.6 Å². The van der Waals surface area contributed by atoms with Gasteiger partial charge in [-0.3, -0.25) is 0 Å². The Labute approximate surface area is 118 Å². The van der Waals surface area contributed by atoms with E-state index in [0.717, 1.165) is 12.5 Å². The van der Waals surface area contributed by atoms with Gasteiger partial charge in [-0.25, -0.2) is 0 Å². The summed E-state index contributed by atoms with van der Waals surface area (Å²) >= 11 is 12.1. The summed E-state index contributed by atoms with van der Waals surface area (Å²) in [6.07, 6.45) is 1.32. The molecule has 0 N–H and O–H groups in total. The fourth-order valence-electron chi connectivity index (χ4n) is 3.08. The number of hydrogen-bond acceptors (Lipinski definition) is 1. The standard InChI is InChI=1S/C13H15Cl2N.ClH/c1-2-16-7-10-6-13(10,8-16)9-3-4-11(14)12(15)5-9;/h3-5,10H,2,6-8H2,1H3;1H/t10-,13-;/m1./s1. The molecule has 0 radical (unpaired) electrons. The summed E-state index contributed by atoms with van der Waals surface area (Å²) in [6, 6.07) is 6.13. The van der Waals surface area contributed by atoms with Crippen LogP contribution in [0.4, 0.5) is 0 Å². The molecule has 0 spiro atoms. The topological polar surface area (TPSA) is 3.24 Å². The molecule has 1 aliphatic carbocycles. The van der Waals surface area contributed by atoms with Crippen molar-refractivity contribution in [3.63, 3.8) is 0 Å². The summed E-state index contributed by atoms with van der Waals surface area (Å²) < 4.78 is 0. The second kappa shape index (κ2) is 4.62. The second-order valence-electron chi connectivity index (χ2n) is 5.01. The number of halogens is 3. The molecule has 0 unspecified atom stereocenters. The van der Waals surface area contributed by atoms with E-state index in [-0.39, 0.29) is 12.4 Å². The zero-order chi connectivity index (χ0) is 11.3. The molecule has 0 bridgehead atoms. The van der Waals surface area contributed by atoms with Crippen LogP contribution in [0.1, 0.15) is 18.9 Å². The van der Waals surface area contributed by atoms with E-state index >= 15 is 0 Å². The van der Waals surface area contributed by atoms with E-state index in [1.807, 2.05) is 6.07 Å². The molecule has 1 aliphatic heterocycles.